The van der Waals surface area contributed by atoms with Gasteiger partial charge in [-0.1, -0.05) is 0 Å². The number of rotatable bonds is 7. The van der Waals surface area contributed by atoms with Gasteiger partial charge in [-0.25, -0.2) is 14.6 Å². The average molecular weight is 283 g/mol. The first-order valence-corrected chi connectivity index (χ1v) is 5.82. The van der Waals surface area contributed by atoms with Gasteiger partial charge in [-0.2, -0.15) is 0 Å². The van der Waals surface area contributed by atoms with Gasteiger partial charge in [-0.3, -0.25) is 0 Å². The van der Waals surface area contributed by atoms with Crippen LogP contribution < -0.4 is 10.6 Å². The van der Waals surface area contributed by atoms with E-state index in [4.69, 9.17) is 14.6 Å². The van der Waals surface area contributed by atoms with Crippen LogP contribution in [0.2, 0.25) is 0 Å². The van der Waals surface area contributed by atoms with Crippen LogP contribution in [0.3, 0.4) is 0 Å². The fraction of sp³-hybridized carbons (Fsp3) is 0.417. The minimum atomic E-state index is -1.12. The summed E-state index contributed by atoms with van der Waals surface area (Å²) >= 11 is 0. The molecule has 110 valence electrons. The zero-order chi connectivity index (χ0) is 15.0. The van der Waals surface area contributed by atoms with Crippen molar-refractivity contribution in [1.82, 2.24) is 10.3 Å². The van der Waals surface area contributed by atoms with Crippen LogP contribution >= 0.6 is 0 Å². The fourth-order valence-corrected chi connectivity index (χ4v) is 1.37. The highest BCUT2D eigenvalue weighted by Crippen LogP contribution is 2.05. The lowest BCUT2D eigenvalue weighted by atomic mass is 10.3. The van der Waals surface area contributed by atoms with E-state index in [0.29, 0.717) is 12.3 Å². The summed E-state index contributed by atoms with van der Waals surface area (Å²) in [5.41, 5.74) is 0.309. The topological polar surface area (TPSA) is 110 Å². The maximum atomic E-state index is 11.6. The number of nitrogens with one attached hydrogen (secondary N) is 2. The normalized spacial score (nSPS) is 11.7. The van der Waals surface area contributed by atoms with Crippen LogP contribution in [0.4, 0.5) is 10.5 Å². The second-order valence-electron chi connectivity index (χ2n) is 3.89. The molecule has 1 aromatic heterocycles. The number of urea groups is 1. The van der Waals surface area contributed by atoms with Crippen LogP contribution in [-0.4, -0.2) is 55.6 Å². The summed E-state index contributed by atoms with van der Waals surface area (Å²) in [6.07, 6.45) is 1.03. The molecule has 20 heavy (non-hydrogen) atoms. The van der Waals surface area contributed by atoms with E-state index >= 15 is 0 Å². The van der Waals surface area contributed by atoms with E-state index in [2.05, 4.69) is 15.6 Å². The van der Waals surface area contributed by atoms with Crippen molar-refractivity contribution in [2.45, 2.75) is 6.10 Å². The predicted molar refractivity (Wildman–Crippen MR) is 70.9 cm³/mol. The molecule has 8 heteroatoms. The molecule has 1 heterocycles. The van der Waals surface area contributed by atoms with Crippen molar-refractivity contribution in [3.63, 3.8) is 0 Å². The van der Waals surface area contributed by atoms with E-state index in [-0.39, 0.29) is 18.3 Å². The lowest BCUT2D eigenvalue weighted by Gasteiger charge is -2.15. The third-order valence-electron chi connectivity index (χ3n) is 2.42. The molecule has 0 aliphatic heterocycles. The number of ether oxygens (including phenoxy) is 2. The monoisotopic (exact) mass is 283 g/mol. The Hall–Kier alpha value is -2.19. The molecule has 0 aliphatic carbocycles. The Bertz CT molecular complexity index is 449. The van der Waals surface area contributed by atoms with Gasteiger partial charge in [0.1, 0.15) is 5.69 Å². The van der Waals surface area contributed by atoms with E-state index < -0.39 is 12.0 Å². The number of aromatic carboxylic acids is 1. The van der Waals surface area contributed by atoms with Crippen molar-refractivity contribution in [3.05, 3.63) is 24.0 Å². The number of hydrogen-bond donors (Lipinski definition) is 3. The Morgan fingerprint density at radius 3 is 2.65 bits per heavy atom. The summed E-state index contributed by atoms with van der Waals surface area (Å²) in [5, 5.41) is 13.8. The van der Waals surface area contributed by atoms with Gasteiger partial charge in [0, 0.05) is 20.8 Å². The van der Waals surface area contributed by atoms with Crippen LogP contribution in [0.5, 0.6) is 0 Å². The molecule has 3 N–H and O–H groups in total. The average Bonchev–Trinajstić information content (AvgIpc) is 2.44. The quantitative estimate of drug-likeness (QED) is 0.674. The third kappa shape index (κ3) is 5.21. The minimum Gasteiger partial charge on any atom is -0.477 e. The van der Waals surface area contributed by atoms with Gasteiger partial charge in [0.2, 0.25) is 0 Å². The van der Waals surface area contributed by atoms with Crippen molar-refractivity contribution in [2.24, 2.45) is 0 Å². The zero-order valence-corrected chi connectivity index (χ0v) is 11.3. The first kappa shape index (κ1) is 15.9. The van der Waals surface area contributed by atoms with Crippen molar-refractivity contribution < 1.29 is 24.2 Å². The largest absolute Gasteiger partial charge is 0.477 e. The van der Waals surface area contributed by atoms with Gasteiger partial charge in [-0.15, -0.1) is 0 Å². The third-order valence-corrected chi connectivity index (χ3v) is 2.42. The Labute approximate surface area is 116 Å². The smallest absolute Gasteiger partial charge is 0.354 e. The van der Waals surface area contributed by atoms with Crippen LogP contribution in [0, 0.1) is 0 Å². The molecule has 0 saturated heterocycles. The number of amides is 2. The second kappa shape index (κ2) is 8.08. The lowest BCUT2D eigenvalue weighted by Crippen LogP contribution is -2.38. The van der Waals surface area contributed by atoms with E-state index in [1.807, 2.05) is 0 Å². The molecule has 1 rings (SSSR count). The van der Waals surface area contributed by atoms with Crippen LogP contribution in [0.25, 0.3) is 0 Å². The van der Waals surface area contributed by atoms with Crippen molar-refractivity contribution in [1.29, 1.82) is 0 Å². The van der Waals surface area contributed by atoms with Gasteiger partial charge in [-0.05, 0) is 12.1 Å². The number of carboxylic acids is 1. The second-order valence-corrected chi connectivity index (χ2v) is 3.89. The number of carbonyl (C=O) groups excluding carboxylic acids is 1. The number of methoxy groups -OCH3 is 2. The number of carbonyl (C=O) groups is 2. The van der Waals surface area contributed by atoms with E-state index in [1.165, 1.54) is 25.4 Å². The highest BCUT2D eigenvalue weighted by Gasteiger charge is 2.10. The highest BCUT2D eigenvalue weighted by molar-refractivity contribution is 5.90. The SMILES string of the molecule is COCC(CNC(=O)Nc1ccc(C(=O)O)nc1)OC. The molecule has 1 aromatic rings. The fourth-order valence-electron chi connectivity index (χ4n) is 1.37. The number of aromatic nitrogens is 1. The van der Waals surface area contributed by atoms with Gasteiger partial charge < -0.3 is 25.2 Å². The Kier molecular flexibility index (Phi) is 6.41. The molecule has 8 nitrogen and oxygen atoms in total. The van der Waals surface area contributed by atoms with E-state index in [0.717, 1.165) is 0 Å². The van der Waals surface area contributed by atoms with Crippen molar-refractivity contribution in [2.75, 3.05) is 32.7 Å². The van der Waals surface area contributed by atoms with Gasteiger partial charge in [0.25, 0.3) is 0 Å². The Morgan fingerprint density at radius 1 is 1.40 bits per heavy atom. The summed E-state index contributed by atoms with van der Waals surface area (Å²) in [5.74, 6) is -1.12. The molecule has 0 fully saturated rings. The van der Waals surface area contributed by atoms with Crippen LogP contribution in [0.15, 0.2) is 18.3 Å². The summed E-state index contributed by atoms with van der Waals surface area (Å²) in [7, 11) is 3.07. The first-order chi connectivity index (χ1) is 9.56. The maximum Gasteiger partial charge on any atom is 0.354 e. The van der Waals surface area contributed by atoms with E-state index in [9.17, 15) is 9.59 Å². The molecule has 2 amide bonds. The summed E-state index contributed by atoms with van der Waals surface area (Å²) in [6.45, 7) is 0.655. The van der Waals surface area contributed by atoms with Gasteiger partial charge in [0.15, 0.2) is 0 Å². The van der Waals surface area contributed by atoms with Crippen molar-refractivity contribution in [3.8, 4) is 0 Å². The molecule has 0 aliphatic rings. The number of hydrogen-bond acceptors (Lipinski definition) is 5. The molecule has 0 saturated carbocycles. The van der Waals surface area contributed by atoms with E-state index in [1.54, 1.807) is 7.11 Å². The molecule has 0 bridgehead atoms. The molecule has 1 atom stereocenters. The number of anilines is 1. The number of carboxylic acid groups (broad SMARTS) is 1. The standard InChI is InChI=1S/C12H17N3O5/c1-19-7-9(20-2)6-14-12(18)15-8-3-4-10(11(16)17)13-5-8/h3-5,9H,6-7H2,1-2H3,(H,16,17)(H2,14,15,18). The number of pyridine rings is 1. The highest BCUT2D eigenvalue weighted by atomic mass is 16.5. The zero-order valence-electron chi connectivity index (χ0n) is 11.3. The molecular formula is C12H17N3O5. The number of nitrogens with zero attached hydrogens (tertiary/aromatic N) is 1. The lowest BCUT2D eigenvalue weighted by molar-refractivity contribution is 0.0307. The summed E-state index contributed by atoms with van der Waals surface area (Å²) in [4.78, 5) is 25.9. The maximum absolute atomic E-state index is 11.6. The Balaban J connectivity index is 2.43. The molecular weight excluding hydrogens is 266 g/mol. The summed E-state index contributed by atoms with van der Waals surface area (Å²) in [6, 6.07) is 2.33. The first-order valence-electron chi connectivity index (χ1n) is 5.82. The van der Waals surface area contributed by atoms with Crippen molar-refractivity contribution >= 4 is 17.7 Å². The summed E-state index contributed by atoms with van der Waals surface area (Å²) < 4.78 is 10.0. The Morgan fingerprint density at radius 2 is 2.15 bits per heavy atom. The van der Waals surface area contributed by atoms with Gasteiger partial charge >= 0.3 is 12.0 Å². The molecule has 0 spiro atoms. The molecule has 0 aromatic carbocycles. The minimum absolute atomic E-state index is 0.0875. The van der Waals surface area contributed by atoms with Crippen LogP contribution in [0.1, 0.15) is 10.5 Å². The van der Waals surface area contributed by atoms with Crippen LogP contribution in [-0.2, 0) is 9.47 Å². The predicted octanol–water partition coefficient (Wildman–Crippen LogP) is 0.563. The van der Waals surface area contributed by atoms with Gasteiger partial charge in [0.05, 0.1) is 24.6 Å². The molecule has 1 unspecified atom stereocenters. The molecule has 0 radical (unpaired) electrons.